The fourth-order valence-corrected chi connectivity index (χ4v) is 2.38. The van der Waals surface area contributed by atoms with Crippen molar-refractivity contribution >= 4 is 36.3 Å². The van der Waals surface area contributed by atoms with Gasteiger partial charge in [-0.15, -0.1) is 0 Å². The molecule has 7 nitrogen and oxygen atoms in total. The zero-order valence-corrected chi connectivity index (χ0v) is 16.3. The first-order chi connectivity index (χ1) is 13.8. The van der Waals surface area contributed by atoms with Crippen molar-refractivity contribution in [3.63, 3.8) is 0 Å². The summed E-state index contributed by atoms with van der Waals surface area (Å²) >= 11 is 0.534. The fraction of sp³-hybridized carbons (Fsp3) is 0.0952. The molecule has 0 heterocycles. The summed E-state index contributed by atoms with van der Waals surface area (Å²) in [6, 6.07) is 6.69. The topological polar surface area (TPSA) is 99.1 Å². The Kier molecular flexibility index (Phi) is 8.05. The van der Waals surface area contributed by atoms with Gasteiger partial charge in [0.05, 0.1) is 5.57 Å². The summed E-state index contributed by atoms with van der Waals surface area (Å²) in [6.07, 6.45) is 9.11. The van der Waals surface area contributed by atoms with Crippen LogP contribution < -0.4 is 4.18 Å². The van der Waals surface area contributed by atoms with Gasteiger partial charge in [-0.05, 0) is 55.3 Å². The first-order valence-corrected chi connectivity index (χ1v) is 9.04. The van der Waals surface area contributed by atoms with Crippen LogP contribution in [0.4, 0.5) is 0 Å². The van der Waals surface area contributed by atoms with E-state index in [0.717, 1.165) is 5.56 Å². The van der Waals surface area contributed by atoms with Gasteiger partial charge in [-0.2, -0.15) is 0 Å². The first-order valence-electron chi connectivity index (χ1n) is 8.38. The van der Waals surface area contributed by atoms with Crippen LogP contribution in [-0.2, 0) is 23.3 Å². The third-order valence-corrected chi connectivity index (χ3v) is 3.91. The van der Waals surface area contributed by atoms with Crippen molar-refractivity contribution < 1.29 is 32.6 Å². The molecule has 0 saturated heterocycles. The summed E-state index contributed by atoms with van der Waals surface area (Å²) in [5.41, 5.74) is 1.12. The van der Waals surface area contributed by atoms with Crippen LogP contribution in [-0.4, -0.2) is 23.0 Å². The Bertz CT molecular complexity index is 921. The molecule has 1 aromatic rings. The lowest BCUT2D eigenvalue weighted by molar-refractivity contribution is -0.133. The Morgan fingerprint density at radius 3 is 2.52 bits per heavy atom. The van der Waals surface area contributed by atoms with Crippen molar-refractivity contribution in [3.8, 4) is 5.75 Å². The van der Waals surface area contributed by atoms with Gasteiger partial charge in [-0.3, -0.25) is 0 Å². The molecule has 2 rings (SSSR count). The number of carbonyl (C=O) groups excluding carboxylic acids is 2. The number of ether oxygens (including phenoxy) is 1. The summed E-state index contributed by atoms with van der Waals surface area (Å²) < 4.78 is 15.1. The highest BCUT2D eigenvalue weighted by atomic mass is 32.2. The Balaban J connectivity index is 1.83. The molecule has 0 aliphatic heterocycles. The molecule has 0 radical (unpaired) electrons. The molecule has 8 heteroatoms. The van der Waals surface area contributed by atoms with Gasteiger partial charge < -0.3 is 18.2 Å². The number of benzene rings is 1. The van der Waals surface area contributed by atoms with Crippen molar-refractivity contribution in [2.75, 3.05) is 0 Å². The van der Waals surface area contributed by atoms with E-state index in [2.05, 4.69) is 6.58 Å². The van der Waals surface area contributed by atoms with Crippen LogP contribution in [0.15, 0.2) is 78.1 Å². The Morgan fingerprint density at radius 1 is 1.14 bits per heavy atom. The maximum Gasteiger partial charge on any atom is 0.347 e. The smallest absolute Gasteiger partial charge is 0.347 e. The van der Waals surface area contributed by atoms with E-state index in [4.69, 9.17) is 18.2 Å². The lowest BCUT2D eigenvalue weighted by Gasteiger charge is -2.04. The number of carboxylic acid groups (broad SMARTS) is 1. The van der Waals surface area contributed by atoms with Crippen LogP contribution in [0.2, 0.25) is 0 Å². The van der Waals surface area contributed by atoms with Crippen molar-refractivity contribution in [3.05, 3.63) is 83.7 Å². The molecule has 1 aromatic carbocycles. The van der Waals surface area contributed by atoms with Gasteiger partial charge in [0.2, 0.25) is 0 Å². The van der Waals surface area contributed by atoms with Crippen LogP contribution in [0, 0.1) is 0 Å². The molecule has 0 spiro atoms. The number of carbonyl (C=O) groups is 3. The van der Waals surface area contributed by atoms with E-state index in [9.17, 15) is 14.4 Å². The quantitative estimate of drug-likeness (QED) is 0.385. The van der Waals surface area contributed by atoms with Crippen molar-refractivity contribution in [1.82, 2.24) is 0 Å². The molecular formula is C21H18O7S. The first kappa shape index (κ1) is 21.8. The van der Waals surface area contributed by atoms with E-state index in [0.29, 0.717) is 24.5 Å². The van der Waals surface area contributed by atoms with Crippen LogP contribution in [0.3, 0.4) is 0 Å². The highest BCUT2D eigenvalue weighted by Gasteiger charge is 2.08. The van der Waals surface area contributed by atoms with Crippen LogP contribution >= 0.6 is 12.3 Å². The number of carboxylic acids is 1. The molecule has 0 unspecified atom stereocenters. The molecule has 150 valence electrons. The van der Waals surface area contributed by atoms with Crippen molar-refractivity contribution in [2.24, 2.45) is 0 Å². The van der Waals surface area contributed by atoms with E-state index >= 15 is 0 Å². The highest BCUT2D eigenvalue weighted by molar-refractivity contribution is 7.90. The molecule has 1 N–H and O–H groups in total. The molecule has 0 atom stereocenters. The maximum absolute atomic E-state index is 11.9. The van der Waals surface area contributed by atoms with Crippen LogP contribution in [0.5, 0.6) is 5.75 Å². The standard InChI is InChI=1S/C21H18O7S/c1-14(2)21(25)28-29-27-18-10-6-15(7-11-18)8-13-19(22)26-17-5-3-4-16(9-12-17)20(23)24/h4-13H,1,3H2,2H3,(H,23,24)/b13-8+. The minimum absolute atomic E-state index is 0.137. The normalized spacial score (nSPS) is 13.1. The van der Waals surface area contributed by atoms with Gasteiger partial charge in [-0.1, -0.05) is 24.8 Å². The third-order valence-electron chi connectivity index (χ3n) is 3.43. The Hall–Kier alpha value is -3.52. The monoisotopic (exact) mass is 414 g/mol. The zero-order valence-electron chi connectivity index (χ0n) is 15.5. The molecule has 1 aliphatic carbocycles. The molecule has 0 fully saturated rings. The second-order valence-electron chi connectivity index (χ2n) is 5.77. The molecule has 1 aliphatic rings. The maximum atomic E-state index is 11.9. The lowest BCUT2D eigenvalue weighted by atomic mass is 10.2. The summed E-state index contributed by atoms with van der Waals surface area (Å²) in [5.74, 6) is -1.47. The van der Waals surface area contributed by atoms with Gasteiger partial charge >= 0.3 is 17.9 Å². The van der Waals surface area contributed by atoms with Gasteiger partial charge in [0.25, 0.3) is 12.3 Å². The number of hydrogen-bond acceptors (Lipinski definition) is 7. The van der Waals surface area contributed by atoms with Gasteiger partial charge in [-0.25, -0.2) is 14.4 Å². The number of aliphatic carboxylic acids is 1. The molecule has 0 bridgehead atoms. The van der Waals surface area contributed by atoms with Gasteiger partial charge in [0.1, 0.15) is 11.5 Å². The predicted molar refractivity (Wildman–Crippen MR) is 108 cm³/mol. The Labute approximate surface area is 172 Å². The largest absolute Gasteiger partial charge is 0.478 e. The molecule has 29 heavy (non-hydrogen) atoms. The molecular weight excluding hydrogens is 396 g/mol. The molecule has 0 aromatic heterocycles. The summed E-state index contributed by atoms with van der Waals surface area (Å²) in [6.45, 7) is 4.99. The SMILES string of the molecule is C=C(C)C(=O)OSOc1ccc(/C=C/C(=O)OC2=CCC=C(C(=O)O)C=C2)cc1. The average molecular weight is 414 g/mol. The average Bonchev–Trinajstić information content (AvgIpc) is 2.93. The van der Waals surface area contributed by atoms with Gasteiger partial charge in [0.15, 0.2) is 0 Å². The summed E-state index contributed by atoms with van der Waals surface area (Å²) in [7, 11) is 0. The fourth-order valence-electron chi connectivity index (χ4n) is 1.95. The molecule has 0 amide bonds. The lowest BCUT2D eigenvalue weighted by Crippen LogP contribution is -2.00. The summed E-state index contributed by atoms with van der Waals surface area (Å²) in [4.78, 5) is 34.1. The minimum atomic E-state index is -1.04. The van der Waals surface area contributed by atoms with E-state index in [1.165, 1.54) is 31.2 Å². The van der Waals surface area contributed by atoms with E-state index in [-0.39, 0.29) is 16.9 Å². The number of hydrogen-bond donors (Lipinski definition) is 1. The predicted octanol–water partition coefficient (Wildman–Crippen LogP) is 4.16. The van der Waals surface area contributed by atoms with E-state index in [1.54, 1.807) is 36.4 Å². The van der Waals surface area contributed by atoms with E-state index < -0.39 is 17.9 Å². The number of allylic oxidation sites excluding steroid dienone is 3. The summed E-state index contributed by atoms with van der Waals surface area (Å²) in [5, 5.41) is 8.96. The second kappa shape index (κ2) is 10.7. The Morgan fingerprint density at radius 2 is 1.86 bits per heavy atom. The van der Waals surface area contributed by atoms with Crippen LogP contribution in [0.25, 0.3) is 6.08 Å². The zero-order chi connectivity index (χ0) is 21.2. The third kappa shape index (κ3) is 7.55. The van der Waals surface area contributed by atoms with Crippen molar-refractivity contribution in [1.29, 1.82) is 0 Å². The minimum Gasteiger partial charge on any atom is -0.478 e. The highest BCUT2D eigenvalue weighted by Crippen LogP contribution is 2.19. The van der Waals surface area contributed by atoms with Crippen LogP contribution in [0.1, 0.15) is 18.9 Å². The number of esters is 1. The molecule has 0 saturated carbocycles. The second-order valence-corrected chi connectivity index (χ2v) is 6.24. The van der Waals surface area contributed by atoms with E-state index in [1.807, 2.05) is 0 Å². The number of rotatable bonds is 8. The van der Waals surface area contributed by atoms with Gasteiger partial charge in [0, 0.05) is 11.6 Å². The van der Waals surface area contributed by atoms with Crippen molar-refractivity contribution in [2.45, 2.75) is 13.3 Å².